The second kappa shape index (κ2) is 4.63. The summed E-state index contributed by atoms with van der Waals surface area (Å²) in [6, 6.07) is 0. The van der Waals surface area contributed by atoms with Crippen LogP contribution in [0.15, 0.2) is 6.20 Å². The van der Waals surface area contributed by atoms with Gasteiger partial charge in [-0.15, -0.1) is 0 Å². The third kappa shape index (κ3) is 2.37. The van der Waals surface area contributed by atoms with Crippen LogP contribution >= 0.6 is 38.5 Å². The van der Waals surface area contributed by atoms with Crippen LogP contribution in [0.3, 0.4) is 0 Å². The molecule has 1 rings (SSSR count). The molecule has 1 nitrogen and oxygen atoms in total. The van der Waals surface area contributed by atoms with Crippen LogP contribution in [-0.2, 0) is 5.33 Å². The van der Waals surface area contributed by atoms with Crippen molar-refractivity contribution < 1.29 is 8.78 Å². The molecule has 72 valence electrons. The number of alkyl halides is 3. The lowest BCUT2D eigenvalue weighted by Gasteiger charge is -2.08. The maximum absolute atomic E-state index is 12.4. The van der Waals surface area contributed by atoms with Crippen molar-refractivity contribution in [2.24, 2.45) is 0 Å². The van der Waals surface area contributed by atoms with Gasteiger partial charge in [0, 0.05) is 20.7 Å². The largest absolute Gasteiger partial charge is 0.266 e. The summed E-state index contributed by atoms with van der Waals surface area (Å²) in [6.07, 6.45) is -1.20. The fourth-order valence-electron chi connectivity index (χ4n) is 0.931. The van der Waals surface area contributed by atoms with Crippen LogP contribution in [0.2, 0.25) is 0 Å². The molecule has 1 aromatic heterocycles. The minimum Gasteiger partial charge on any atom is -0.260 e. The smallest absolute Gasteiger partial charge is 0.260 e. The Bertz CT molecular complexity index is 317. The van der Waals surface area contributed by atoms with Gasteiger partial charge in [-0.2, -0.15) is 0 Å². The van der Waals surface area contributed by atoms with Crippen LogP contribution in [0, 0.1) is 10.5 Å². The van der Waals surface area contributed by atoms with Crippen LogP contribution in [0.25, 0.3) is 0 Å². The van der Waals surface area contributed by atoms with Gasteiger partial charge in [0.15, 0.2) is 0 Å². The first-order chi connectivity index (χ1) is 6.07. The average molecular weight is 362 g/mol. The molecule has 0 bridgehead atoms. The normalized spacial score (nSPS) is 10.9. The van der Waals surface area contributed by atoms with Crippen molar-refractivity contribution in [1.82, 2.24) is 4.98 Å². The molecule has 0 N–H and O–H groups in total. The summed E-state index contributed by atoms with van der Waals surface area (Å²) in [5.74, 6) is 0. The van der Waals surface area contributed by atoms with Crippen LogP contribution in [0.5, 0.6) is 0 Å². The SMILES string of the molecule is Cc1c(CBr)ncc(C(F)F)c1I. The fourth-order valence-corrected chi connectivity index (χ4v) is 2.18. The van der Waals surface area contributed by atoms with E-state index in [0.717, 1.165) is 11.3 Å². The van der Waals surface area contributed by atoms with E-state index >= 15 is 0 Å². The van der Waals surface area contributed by atoms with Crippen LogP contribution < -0.4 is 0 Å². The maximum Gasteiger partial charge on any atom is 0.266 e. The molecule has 0 saturated carbocycles. The summed E-state index contributed by atoms with van der Waals surface area (Å²) in [5, 5.41) is 0.596. The molecule has 5 heteroatoms. The Kier molecular flexibility index (Phi) is 4.03. The van der Waals surface area contributed by atoms with Gasteiger partial charge in [0.25, 0.3) is 6.43 Å². The summed E-state index contributed by atoms with van der Waals surface area (Å²) < 4.78 is 25.4. The lowest BCUT2D eigenvalue weighted by atomic mass is 10.2. The van der Waals surface area contributed by atoms with Crippen LogP contribution in [-0.4, -0.2) is 4.98 Å². The molecular formula is C8H7BrF2IN. The Morgan fingerprint density at radius 3 is 2.69 bits per heavy atom. The van der Waals surface area contributed by atoms with Gasteiger partial charge in [-0.3, -0.25) is 4.98 Å². The number of hydrogen-bond donors (Lipinski definition) is 0. The van der Waals surface area contributed by atoms with Crippen molar-refractivity contribution in [3.8, 4) is 0 Å². The molecule has 0 aliphatic rings. The Morgan fingerprint density at radius 2 is 2.23 bits per heavy atom. The quantitative estimate of drug-likeness (QED) is 0.576. The second-order valence-corrected chi connectivity index (χ2v) is 4.17. The molecule has 0 atom stereocenters. The Morgan fingerprint density at radius 1 is 1.62 bits per heavy atom. The Labute approximate surface area is 97.2 Å². The zero-order chi connectivity index (χ0) is 10.0. The Hall–Kier alpha value is 0.220. The molecular weight excluding hydrogens is 355 g/mol. The summed E-state index contributed by atoms with van der Waals surface area (Å²) in [7, 11) is 0. The average Bonchev–Trinajstić information content (AvgIpc) is 2.09. The van der Waals surface area contributed by atoms with Crippen LogP contribution in [0.1, 0.15) is 23.2 Å². The zero-order valence-electron chi connectivity index (χ0n) is 6.82. The highest BCUT2D eigenvalue weighted by Crippen LogP contribution is 2.27. The molecule has 0 spiro atoms. The van der Waals surface area contributed by atoms with E-state index in [0.29, 0.717) is 8.90 Å². The monoisotopic (exact) mass is 361 g/mol. The first-order valence-electron chi connectivity index (χ1n) is 3.56. The van der Waals surface area contributed by atoms with Gasteiger partial charge in [-0.1, -0.05) is 15.9 Å². The third-order valence-corrected chi connectivity index (χ3v) is 3.70. The first kappa shape index (κ1) is 11.3. The number of hydrogen-bond acceptors (Lipinski definition) is 1. The van der Waals surface area contributed by atoms with Crippen molar-refractivity contribution >= 4 is 38.5 Å². The lowest BCUT2D eigenvalue weighted by Crippen LogP contribution is -1.99. The van der Waals surface area contributed by atoms with Crippen molar-refractivity contribution in [2.45, 2.75) is 18.7 Å². The molecule has 0 fully saturated rings. The van der Waals surface area contributed by atoms with E-state index in [2.05, 4.69) is 20.9 Å². The fraction of sp³-hybridized carbons (Fsp3) is 0.375. The van der Waals surface area contributed by atoms with Gasteiger partial charge < -0.3 is 0 Å². The van der Waals surface area contributed by atoms with E-state index in [1.807, 2.05) is 22.6 Å². The van der Waals surface area contributed by atoms with Gasteiger partial charge in [0.1, 0.15) is 0 Å². The number of rotatable bonds is 2. The van der Waals surface area contributed by atoms with Gasteiger partial charge in [0.05, 0.1) is 5.69 Å². The highest BCUT2D eigenvalue weighted by molar-refractivity contribution is 14.1. The van der Waals surface area contributed by atoms with E-state index in [9.17, 15) is 8.78 Å². The van der Waals surface area contributed by atoms with Gasteiger partial charge >= 0.3 is 0 Å². The minimum absolute atomic E-state index is 0.0165. The molecule has 1 heterocycles. The summed E-state index contributed by atoms with van der Waals surface area (Å²) in [5.41, 5.74) is 1.66. The van der Waals surface area contributed by atoms with Gasteiger partial charge in [0.2, 0.25) is 0 Å². The molecule has 0 aliphatic carbocycles. The predicted octanol–water partition coefficient (Wildman–Crippen LogP) is 3.83. The van der Waals surface area contributed by atoms with E-state index in [4.69, 9.17) is 0 Å². The summed E-state index contributed by atoms with van der Waals surface area (Å²) in [4.78, 5) is 3.95. The van der Waals surface area contributed by atoms with Crippen molar-refractivity contribution in [2.75, 3.05) is 0 Å². The van der Waals surface area contributed by atoms with E-state index in [-0.39, 0.29) is 5.56 Å². The van der Waals surface area contributed by atoms with E-state index in [1.54, 1.807) is 6.92 Å². The van der Waals surface area contributed by atoms with Crippen LogP contribution in [0.4, 0.5) is 8.78 Å². The summed E-state index contributed by atoms with van der Waals surface area (Å²) in [6.45, 7) is 1.80. The molecule has 0 aromatic carbocycles. The number of halogens is 4. The molecule has 0 saturated heterocycles. The van der Waals surface area contributed by atoms with E-state index in [1.165, 1.54) is 6.20 Å². The predicted molar refractivity (Wildman–Crippen MR) is 59.3 cm³/mol. The molecule has 1 aromatic rings. The lowest BCUT2D eigenvalue weighted by molar-refractivity contribution is 0.150. The minimum atomic E-state index is -2.44. The number of pyridine rings is 1. The molecule has 0 radical (unpaired) electrons. The zero-order valence-corrected chi connectivity index (χ0v) is 10.6. The second-order valence-electron chi connectivity index (χ2n) is 2.53. The van der Waals surface area contributed by atoms with E-state index < -0.39 is 6.43 Å². The topological polar surface area (TPSA) is 12.9 Å². The molecule has 13 heavy (non-hydrogen) atoms. The van der Waals surface area contributed by atoms with Gasteiger partial charge in [-0.25, -0.2) is 8.78 Å². The number of nitrogens with zero attached hydrogens (tertiary/aromatic N) is 1. The Balaban J connectivity index is 3.23. The number of aromatic nitrogens is 1. The van der Waals surface area contributed by atoms with Crippen molar-refractivity contribution in [3.05, 3.63) is 26.6 Å². The standard InChI is InChI=1S/C8H7BrF2IN/c1-4-6(2-9)13-3-5(7(4)12)8(10)11/h3,8H,2H2,1H3. The maximum atomic E-state index is 12.4. The highest BCUT2D eigenvalue weighted by Gasteiger charge is 2.15. The third-order valence-electron chi connectivity index (χ3n) is 1.74. The van der Waals surface area contributed by atoms with Crippen molar-refractivity contribution in [1.29, 1.82) is 0 Å². The molecule has 0 amide bonds. The van der Waals surface area contributed by atoms with Gasteiger partial charge in [-0.05, 0) is 35.1 Å². The van der Waals surface area contributed by atoms with Crippen molar-refractivity contribution in [3.63, 3.8) is 0 Å². The molecule has 0 unspecified atom stereocenters. The summed E-state index contributed by atoms with van der Waals surface area (Å²) >= 11 is 5.18. The first-order valence-corrected chi connectivity index (χ1v) is 5.76. The molecule has 0 aliphatic heterocycles. The highest BCUT2D eigenvalue weighted by atomic mass is 127.